The van der Waals surface area contributed by atoms with Crippen LogP contribution in [-0.4, -0.2) is 33.0 Å². The Bertz CT molecular complexity index is 1020. The number of rotatable bonds is 6. The van der Waals surface area contributed by atoms with Gasteiger partial charge in [-0.2, -0.15) is 0 Å². The topological polar surface area (TPSA) is 49.4 Å². The highest BCUT2D eigenvalue weighted by atomic mass is 35.5. The first-order valence-corrected chi connectivity index (χ1v) is 11.2. The van der Waals surface area contributed by atoms with Crippen LogP contribution in [0.5, 0.6) is 0 Å². The van der Waals surface area contributed by atoms with Crippen LogP contribution in [0.1, 0.15) is 35.6 Å². The Morgan fingerprint density at radius 2 is 1.86 bits per heavy atom. The van der Waals surface area contributed by atoms with Crippen LogP contribution < -0.4 is 4.72 Å². The SMILES string of the molecule is Cl.O=S(=O)(NCCCN1CCc2cccc3c2C1CC3)c1cc(Cl)c(F)cc1F. The Morgan fingerprint density at radius 1 is 1.14 bits per heavy atom. The van der Waals surface area contributed by atoms with E-state index in [0.29, 0.717) is 18.5 Å². The third-order valence-electron chi connectivity index (χ3n) is 5.59. The van der Waals surface area contributed by atoms with Crippen LogP contribution in [0.25, 0.3) is 0 Å². The molecular weight excluding hydrogens is 441 g/mol. The first kappa shape index (κ1) is 22.4. The van der Waals surface area contributed by atoms with Crippen LogP contribution in [0.3, 0.4) is 0 Å². The second-order valence-corrected chi connectivity index (χ2v) is 9.42. The molecule has 29 heavy (non-hydrogen) atoms. The lowest BCUT2D eigenvalue weighted by Crippen LogP contribution is -2.36. The van der Waals surface area contributed by atoms with Gasteiger partial charge in [-0.05, 0) is 48.4 Å². The molecule has 2 aromatic rings. The monoisotopic (exact) mass is 462 g/mol. The first-order chi connectivity index (χ1) is 13.4. The van der Waals surface area contributed by atoms with E-state index in [1.54, 1.807) is 0 Å². The molecule has 0 aromatic heterocycles. The van der Waals surface area contributed by atoms with E-state index in [-0.39, 0.29) is 19.0 Å². The molecule has 2 aromatic carbocycles. The van der Waals surface area contributed by atoms with Gasteiger partial charge in [0.05, 0.1) is 5.02 Å². The van der Waals surface area contributed by atoms with Crippen molar-refractivity contribution in [3.8, 4) is 0 Å². The van der Waals surface area contributed by atoms with Gasteiger partial charge in [-0.25, -0.2) is 21.9 Å². The fraction of sp³-hybridized carbons (Fsp3) is 0.400. The van der Waals surface area contributed by atoms with E-state index in [0.717, 1.165) is 38.4 Å². The van der Waals surface area contributed by atoms with Crippen molar-refractivity contribution in [1.29, 1.82) is 0 Å². The molecule has 1 atom stereocenters. The molecule has 0 saturated heterocycles. The highest BCUT2D eigenvalue weighted by Crippen LogP contribution is 2.41. The third kappa shape index (κ3) is 4.44. The summed E-state index contributed by atoms with van der Waals surface area (Å²) in [6.07, 6.45) is 3.79. The first-order valence-electron chi connectivity index (χ1n) is 9.36. The molecule has 0 saturated carbocycles. The average Bonchev–Trinajstić information content (AvgIpc) is 3.09. The van der Waals surface area contributed by atoms with Crippen LogP contribution in [0, 0.1) is 11.6 Å². The minimum absolute atomic E-state index is 0. The smallest absolute Gasteiger partial charge is 0.243 e. The van der Waals surface area contributed by atoms with Gasteiger partial charge in [-0.1, -0.05) is 29.8 Å². The normalized spacial score (nSPS) is 18.4. The zero-order valence-electron chi connectivity index (χ0n) is 15.6. The molecule has 0 bridgehead atoms. The number of sulfonamides is 1. The van der Waals surface area contributed by atoms with Crippen molar-refractivity contribution in [2.24, 2.45) is 0 Å². The minimum Gasteiger partial charge on any atom is -0.296 e. The Morgan fingerprint density at radius 3 is 2.62 bits per heavy atom. The number of nitrogens with zero attached hydrogens (tertiary/aromatic N) is 1. The van der Waals surface area contributed by atoms with E-state index in [2.05, 4.69) is 27.8 Å². The quantitative estimate of drug-likeness (QED) is 0.515. The number of aryl methyl sites for hydroxylation is 1. The van der Waals surface area contributed by atoms with Crippen LogP contribution in [-0.2, 0) is 22.9 Å². The van der Waals surface area contributed by atoms with E-state index < -0.39 is 31.6 Å². The van der Waals surface area contributed by atoms with E-state index in [1.807, 2.05) is 0 Å². The summed E-state index contributed by atoms with van der Waals surface area (Å²) in [6, 6.07) is 8.21. The molecule has 9 heteroatoms. The predicted molar refractivity (Wildman–Crippen MR) is 111 cm³/mol. The molecule has 0 spiro atoms. The van der Waals surface area contributed by atoms with Gasteiger partial charge in [0.25, 0.3) is 0 Å². The summed E-state index contributed by atoms with van der Waals surface area (Å²) >= 11 is 5.59. The number of hydrogen-bond acceptors (Lipinski definition) is 3. The van der Waals surface area contributed by atoms with Gasteiger partial charge >= 0.3 is 0 Å². The Hall–Kier alpha value is -1.25. The summed E-state index contributed by atoms with van der Waals surface area (Å²) in [5, 5.41) is -0.425. The number of halogens is 4. The fourth-order valence-corrected chi connectivity index (χ4v) is 5.68. The molecule has 0 radical (unpaired) electrons. The summed E-state index contributed by atoms with van der Waals surface area (Å²) in [4.78, 5) is 1.77. The summed E-state index contributed by atoms with van der Waals surface area (Å²) in [5.74, 6) is -2.14. The Labute approximate surface area is 180 Å². The van der Waals surface area contributed by atoms with Crippen LogP contribution in [0.4, 0.5) is 8.78 Å². The molecule has 2 aliphatic rings. The lowest BCUT2D eigenvalue weighted by Gasteiger charge is -2.35. The van der Waals surface area contributed by atoms with Crippen molar-refractivity contribution in [3.05, 3.63) is 63.7 Å². The van der Waals surface area contributed by atoms with Crippen molar-refractivity contribution in [2.75, 3.05) is 19.6 Å². The number of nitrogens with one attached hydrogen (secondary N) is 1. The summed E-state index contributed by atoms with van der Waals surface area (Å²) < 4.78 is 54.1. The maximum atomic E-state index is 13.8. The molecule has 1 heterocycles. The molecule has 1 N–H and O–H groups in total. The maximum absolute atomic E-state index is 13.8. The van der Waals surface area contributed by atoms with Gasteiger partial charge in [-0.15, -0.1) is 12.4 Å². The van der Waals surface area contributed by atoms with E-state index in [9.17, 15) is 17.2 Å². The minimum atomic E-state index is -4.09. The van der Waals surface area contributed by atoms with E-state index in [4.69, 9.17) is 11.6 Å². The van der Waals surface area contributed by atoms with Crippen molar-refractivity contribution in [2.45, 2.75) is 36.6 Å². The molecule has 1 unspecified atom stereocenters. The van der Waals surface area contributed by atoms with E-state index >= 15 is 0 Å². The molecule has 0 fully saturated rings. The van der Waals surface area contributed by atoms with Gasteiger partial charge in [0.2, 0.25) is 10.0 Å². The molecule has 158 valence electrons. The Kier molecular flexibility index (Phi) is 6.85. The highest BCUT2D eigenvalue weighted by molar-refractivity contribution is 7.89. The molecule has 0 amide bonds. The maximum Gasteiger partial charge on any atom is 0.243 e. The third-order valence-corrected chi connectivity index (χ3v) is 7.36. The zero-order chi connectivity index (χ0) is 19.9. The van der Waals surface area contributed by atoms with Crippen molar-refractivity contribution >= 4 is 34.0 Å². The molecule has 1 aliphatic heterocycles. The Balaban J connectivity index is 0.00000240. The number of hydrogen-bond donors (Lipinski definition) is 1. The number of benzene rings is 2. The summed E-state index contributed by atoms with van der Waals surface area (Å²) in [7, 11) is -4.09. The second-order valence-electron chi connectivity index (χ2n) is 7.28. The van der Waals surface area contributed by atoms with Crippen molar-refractivity contribution < 1.29 is 17.2 Å². The second kappa shape index (κ2) is 8.86. The summed E-state index contributed by atoms with van der Waals surface area (Å²) in [5.41, 5.74) is 4.31. The average molecular weight is 463 g/mol. The van der Waals surface area contributed by atoms with Gasteiger partial charge in [0.15, 0.2) is 0 Å². The van der Waals surface area contributed by atoms with Crippen LogP contribution >= 0.6 is 24.0 Å². The van der Waals surface area contributed by atoms with E-state index in [1.165, 1.54) is 16.7 Å². The fourth-order valence-electron chi connectivity index (χ4n) is 4.30. The van der Waals surface area contributed by atoms with Crippen LogP contribution in [0.2, 0.25) is 5.02 Å². The molecule has 4 nitrogen and oxygen atoms in total. The molecular formula is C20H22Cl2F2N2O2S. The van der Waals surface area contributed by atoms with Crippen LogP contribution in [0.15, 0.2) is 35.2 Å². The lowest BCUT2D eigenvalue weighted by atomic mass is 9.93. The molecule has 4 rings (SSSR count). The largest absolute Gasteiger partial charge is 0.296 e. The summed E-state index contributed by atoms with van der Waals surface area (Å²) in [6.45, 7) is 1.89. The van der Waals surface area contributed by atoms with Gasteiger partial charge in [0, 0.05) is 31.7 Å². The van der Waals surface area contributed by atoms with Crippen molar-refractivity contribution in [3.63, 3.8) is 0 Å². The van der Waals surface area contributed by atoms with Crippen molar-refractivity contribution in [1.82, 2.24) is 9.62 Å². The standard InChI is InChI=1S/C20H21ClF2N2O2S.ClH/c21-15-11-19(17(23)12-16(15)22)28(26,27)24-8-2-9-25-10-7-14-4-1-3-13-5-6-18(25)20(13)14;/h1,3-4,11-12,18,24H,2,5-10H2;1H. The zero-order valence-corrected chi connectivity index (χ0v) is 18.0. The lowest BCUT2D eigenvalue weighted by molar-refractivity contribution is 0.184. The molecule has 1 aliphatic carbocycles. The predicted octanol–water partition coefficient (Wildman–Crippen LogP) is 4.25. The van der Waals surface area contributed by atoms with Gasteiger partial charge < -0.3 is 0 Å². The van der Waals surface area contributed by atoms with Gasteiger partial charge in [0.1, 0.15) is 16.5 Å². The van der Waals surface area contributed by atoms with Gasteiger partial charge in [-0.3, -0.25) is 4.90 Å². The highest BCUT2D eigenvalue weighted by Gasteiger charge is 2.33.